The van der Waals surface area contributed by atoms with E-state index in [0.717, 1.165) is 0 Å². The van der Waals surface area contributed by atoms with Crippen molar-refractivity contribution in [1.29, 1.82) is 5.26 Å². The third-order valence-corrected chi connectivity index (χ3v) is 3.00. The first-order valence-electron chi connectivity index (χ1n) is 7.08. The minimum Gasteiger partial charge on any atom is -0.507 e. The van der Waals surface area contributed by atoms with Gasteiger partial charge >= 0.3 is 0 Å². The smallest absolute Gasteiger partial charge is 0.266 e. The molecule has 2 aromatic carbocycles. The number of ether oxygens (including phenoxy) is 1. The lowest BCUT2D eigenvalue weighted by atomic mass is 10.1. The summed E-state index contributed by atoms with van der Waals surface area (Å²) >= 11 is 0. The molecule has 0 saturated carbocycles. The number of hydrogen-bond donors (Lipinski definition) is 2. The molecule has 0 aromatic heterocycles. The maximum absolute atomic E-state index is 12.2. The van der Waals surface area contributed by atoms with E-state index in [1.807, 2.05) is 13.0 Å². The minimum atomic E-state index is -0.551. The van der Waals surface area contributed by atoms with Crippen LogP contribution in [0.1, 0.15) is 12.5 Å². The molecule has 1 amide bonds. The largest absolute Gasteiger partial charge is 0.507 e. The van der Waals surface area contributed by atoms with Crippen LogP contribution >= 0.6 is 0 Å². The maximum atomic E-state index is 12.2. The van der Waals surface area contributed by atoms with Crippen molar-refractivity contribution in [3.05, 3.63) is 59.7 Å². The van der Waals surface area contributed by atoms with Crippen LogP contribution in [-0.4, -0.2) is 17.6 Å². The van der Waals surface area contributed by atoms with Crippen LogP contribution < -0.4 is 10.1 Å². The second-order valence-electron chi connectivity index (χ2n) is 4.64. The Balaban J connectivity index is 2.20. The molecule has 2 rings (SSSR count). The summed E-state index contributed by atoms with van der Waals surface area (Å²) in [7, 11) is 0. The van der Waals surface area contributed by atoms with Crippen molar-refractivity contribution in [3.8, 4) is 17.6 Å². The third kappa shape index (κ3) is 4.35. The Kier molecular flexibility index (Phi) is 5.37. The molecule has 0 spiro atoms. The second kappa shape index (κ2) is 7.66. The molecule has 0 aliphatic heterocycles. The Morgan fingerprint density at radius 2 is 2.09 bits per heavy atom. The molecule has 116 valence electrons. The molecule has 0 fully saturated rings. The summed E-state index contributed by atoms with van der Waals surface area (Å²) in [6, 6.07) is 15.2. The molecule has 0 heterocycles. The number of nitriles is 1. The molecule has 5 nitrogen and oxygen atoms in total. The first-order valence-corrected chi connectivity index (χ1v) is 7.08. The highest BCUT2D eigenvalue weighted by atomic mass is 16.5. The van der Waals surface area contributed by atoms with Gasteiger partial charge in [-0.2, -0.15) is 5.26 Å². The molecule has 0 saturated heterocycles. The maximum Gasteiger partial charge on any atom is 0.266 e. The molecule has 0 unspecified atom stereocenters. The quantitative estimate of drug-likeness (QED) is 0.655. The first kappa shape index (κ1) is 16.1. The van der Waals surface area contributed by atoms with Gasteiger partial charge in [0, 0.05) is 17.3 Å². The summed E-state index contributed by atoms with van der Waals surface area (Å²) in [4.78, 5) is 12.2. The monoisotopic (exact) mass is 308 g/mol. The van der Waals surface area contributed by atoms with Crippen molar-refractivity contribution >= 4 is 17.7 Å². The van der Waals surface area contributed by atoms with Crippen LogP contribution in [-0.2, 0) is 4.79 Å². The zero-order valence-corrected chi connectivity index (χ0v) is 12.6. The van der Waals surface area contributed by atoms with Crippen LogP contribution in [0.3, 0.4) is 0 Å². The number of aromatic hydroxyl groups is 1. The number of phenolic OH excluding ortho intramolecular Hbond substituents is 1. The normalized spacial score (nSPS) is 10.7. The lowest BCUT2D eigenvalue weighted by Crippen LogP contribution is -2.13. The molecule has 23 heavy (non-hydrogen) atoms. The van der Waals surface area contributed by atoms with Crippen molar-refractivity contribution in [2.75, 3.05) is 11.9 Å². The molecular weight excluding hydrogens is 292 g/mol. The first-order chi connectivity index (χ1) is 11.1. The molecule has 2 N–H and O–H groups in total. The number of nitrogens with zero attached hydrogens (tertiary/aromatic N) is 1. The lowest BCUT2D eigenvalue weighted by Gasteiger charge is -2.07. The number of phenols is 1. The van der Waals surface area contributed by atoms with Crippen LogP contribution in [0.2, 0.25) is 0 Å². The third-order valence-electron chi connectivity index (χ3n) is 3.00. The van der Waals surface area contributed by atoms with E-state index in [-0.39, 0.29) is 11.3 Å². The fraction of sp³-hybridized carbons (Fsp3) is 0.111. The highest BCUT2D eigenvalue weighted by Crippen LogP contribution is 2.21. The van der Waals surface area contributed by atoms with E-state index in [4.69, 9.17) is 4.74 Å². The average Bonchev–Trinajstić information content (AvgIpc) is 2.54. The average molecular weight is 308 g/mol. The van der Waals surface area contributed by atoms with Gasteiger partial charge in [-0.15, -0.1) is 0 Å². The number of para-hydroxylation sites is 1. The zero-order chi connectivity index (χ0) is 16.7. The van der Waals surface area contributed by atoms with Gasteiger partial charge in [-0.3, -0.25) is 4.79 Å². The SMILES string of the molecule is CCOc1cccc(NC(=O)/C(C#N)=C/c2ccccc2O)c1. The number of carbonyl (C=O) groups is 1. The zero-order valence-electron chi connectivity index (χ0n) is 12.6. The number of rotatable bonds is 5. The molecule has 5 heteroatoms. The van der Waals surface area contributed by atoms with Crippen LogP contribution in [0, 0.1) is 11.3 Å². The summed E-state index contributed by atoms with van der Waals surface area (Å²) < 4.78 is 5.36. The molecule has 0 aliphatic carbocycles. The highest BCUT2D eigenvalue weighted by molar-refractivity contribution is 6.09. The number of hydrogen-bond acceptors (Lipinski definition) is 4. The van der Waals surface area contributed by atoms with E-state index in [0.29, 0.717) is 23.6 Å². The highest BCUT2D eigenvalue weighted by Gasteiger charge is 2.11. The Morgan fingerprint density at radius 1 is 1.30 bits per heavy atom. The van der Waals surface area contributed by atoms with E-state index in [1.165, 1.54) is 12.1 Å². The van der Waals surface area contributed by atoms with Gasteiger partial charge in [-0.25, -0.2) is 0 Å². The number of carbonyl (C=O) groups excluding carboxylic acids is 1. The summed E-state index contributed by atoms with van der Waals surface area (Å²) in [6.45, 7) is 2.39. The number of amides is 1. The standard InChI is InChI=1S/C18H16N2O3/c1-2-23-16-8-5-7-15(11-16)20-18(22)14(12-19)10-13-6-3-4-9-17(13)21/h3-11,21H,2H2,1H3,(H,20,22)/b14-10+. The Morgan fingerprint density at radius 3 is 2.78 bits per heavy atom. The van der Waals surface area contributed by atoms with Crippen molar-refractivity contribution in [2.24, 2.45) is 0 Å². The number of benzene rings is 2. The van der Waals surface area contributed by atoms with Crippen molar-refractivity contribution in [3.63, 3.8) is 0 Å². The molecule has 0 atom stereocenters. The summed E-state index contributed by atoms with van der Waals surface area (Å²) in [5.74, 6) is 0.0873. The fourth-order valence-electron chi connectivity index (χ4n) is 1.94. The topological polar surface area (TPSA) is 82.3 Å². The van der Waals surface area contributed by atoms with Crippen molar-refractivity contribution in [1.82, 2.24) is 0 Å². The van der Waals surface area contributed by atoms with E-state index >= 15 is 0 Å². The van der Waals surface area contributed by atoms with Crippen LogP contribution in [0.5, 0.6) is 11.5 Å². The van der Waals surface area contributed by atoms with Crippen molar-refractivity contribution < 1.29 is 14.6 Å². The molecular formula is C18H16N2O3. The van der Waals surface area contributed by atoms with E-state index < -0.39 is 5.91 Å². The predicted octanol–water partition coefficient (Wildman–Crippen LogP) is 3.34. The lowest BCUT2D eigenvalue weighted by molar-refractivity contribution is -0.112. The minimum absolute atomic E-state index is 0.00592. The van der Waals surface area contributed by atoms with Gasteiger partial charge in [-0.1, -0.05) is 24.3 Å². The van der Waals surface area contributed by atoms with Gasteiger partial charge in [0.25, 0.3) is 5.91 Å². The van der Waals surface area contributed by atoms with Crippen molar-refractivity contribution in [2.45, 2.75) is 6.92 Å². The van der Waals surface area contributed by atoms with Gasteiger partial charge in [0.1, 0.15) is 23.1 Å². The van der Waals surface area contributed by atoms with Gasteiger partial charge in [0.2, 0.25) is 0 Å². The van der Waals surface area contributed by atoms with Crippen LogP contribution in [0.4, 0.5) is 5.69 Å². The van der Waals surface area contributed by atoms with Crippen LogP contribution in [0.15, 0.2) is 54.1 Å². The molecule has 2 aromatic rings. The Labute approximate surface area is 134 Å². The Hall–Kier alpha value is -3.26. The van der Waals surface area contributed by atoms with E-state index in [1.54, 1.807) is 42.5 Å². The predicted molar refractivity (Wildman–Crippen MR) is 87.9 cm³/mol. The van der Waals surface area contributed by atoms with Gasteiger partial charge in [-0.05, 0) is 31.2 Å². The summed E-state index contributed by atoms with van der Waals surface area (Å²) in [6.07, 6.45) is 1.34. The molecule has 0 aliphatic rings. The van der Waals surface area contributed by atoms with E-state index in [2.05, 4.69) is 5.32 Å². The fourth-order valence-corrected chi connectivity index (χ4v) is 1.94. The molecule has 0 bridgehead atoms. The number of anilines is 1. The van der Waals surface area contributed by atoms with Gasteiger partial charge < -0.3 is 15.2 Å². The van der Waals surface area contributed by atoms with Crippen LogP contribution in [0.25, 0.3) is 6.08 Å². The molecule has 0 radical (unpaired) electrons. The second-order valence-corrected chi connectivity index (χ2v) is 4.64. The van der Waals surface area contributed by atoms with Gasteiger partial charge in [0.15, 0.2) is 0 Å². The van der Waals surface area contributed by atoms with Gasteiger partial charge in [0.05, 0.1) is 6.61 Å². The van der Waals surface area contributed by atoms with E-state index in [9.17, 15) is 15.2 Å². The number of nitrogens with one attached hydrogen (secondary N) is 1. The summed E-state index contributed by atoms with van der Waals surface area (Å²) in [5, 5.41) is 21.5. The summed E-state index contributed by atoms with van der Waals surface area (Å²) in [5.41, 5.74) is 0.829. The Bertz CT molecular complexity index is 776.